The molecule has 0 bridgehead atoms. The minimum atomic E-state index is -0.00969. The SMILES string of the molecule is O=C(NCCCCn1ccnc1)NC1CCCC1. The first kappa shape index (κ1) is 12.9. The molecule has 0 atom stereocenters. The summed E-state index contributed by atoms with van der Waals surface area (Å²) in [6.07, 6.45) is 12.4. The highest BCUT2D eigenvalue weighted by molar-refractivity contribution is 5.74. The van der Waals surface area contributed by atoms with E-state index in [1.807, 2.05) is 12.5 Å². The summed E-state index contributed by atoms with van der Waals surface area (Å²) in [7, 11) is 0. The Hall–Kier alpha value is -1.52. The van der Waals surface area contributed by atoms with Crippen molar-refractivity contribution in [1.82, 2.24) is 20.2 Å². The quantitative estimate of drug-likeness (QED) is 0.758. The number of rotatable bonds is 6. The summed E-state index contributed by atoms with van der Waals surface area (Å²) in [4.78, 5) is 15.5. The second-order valence-corrected chi connectivity index (χ2v) is 4.89. The van der Waals surface area contributed by atoms with Gasteiger partial charge in [-0.25, -0.2) is 9.78 Å². The van der Waals surface area contributed by atoms with Gasteiger partial charge < -0.3 is 15.2 Å². The van der Waals surface area contributed by atoms with Crippen LogP contribution < -0.4 is 10.6 Å². The Bertz CT molecular complexity index is 344. The predicted octanol–water partition coefficient (Wildman–Crippen LogP) is 1.91. The van der Waals surface area contributed by atoms with Gasteiger partial charge in [-0.05, 0) is 25.7 Å². The van der Waals surface area contributed by atoms with Crippen molar-refractivity contribution in [3.05, 3.63) is 18.7 Å². The standard InChI is InChI=1S/C13H22N4O/c18-13(16-12-5-1-2-6-12)15-7-3-4-9-17-10-8-14-11-17/h8,10-12H,1-7,9H2,(H2,15,16,18). The van der Waals surface area contributed by atoms with Crippen LogP contribution in [-0.2, 0) is 6.54 Å². The lowest BCUT2D eigenvalue weighted by Gasteiger charge is -2.12. The number of carbonyl (C=O) groups excluding carboxylic acids is 1. The zero-order valence-corrected chi connectivity index (χ0v) is 10.8. The van der Waals surface area contributed by atoms with Crippen LogP contribution >= 0.6 is 0 Å². The van der Waals surface area contributed by atoms with Crippen LogP contribution in [0.5, 0.6) is 0 Å². The summed E-state index contributed by atoms with van der Waals surface area (Å²) in [5.74, 6) is 0. The summed E-state index contributed by atoms with van der Waals surface area (Å²) in [5, 5.41) is 5.93. The van der Waals surface area contributed by atoms with Crippen molar-refractivity contribution in [3.63, 3.8) is 0 Å². The molecule has 1 saturated carbocycles. The van der Waals surface area contributed by atoms with Crippen LogP contribution in [0, 0.1) is 0 Å². The number of hydrogen-bond acceptors (Lipinski definition) is 2. The Morgan fingerprint density at radius 2 is 2.17 bits per heavy atom. The highest BCUT2D eigenvalue weighted by Crippen LogP contribution is 2.17. The highest BCUT2D eigenvalue weighted by Gasteiger charge is 2.16. The normalized spacial score (nSPS) is 15.8. The Balaban J connectivity index is 1.48. The Morgan fingerprint density at radius 3 is 2.89 bits per heavy atom. The molecule has 1 heterocycles. The molecule has 0 aromatic carbocycles. The molecule has 1 fully saturated rings. The molecule has 2 amide bonds. The fourth-order valence-electron chi connectivity index (χ4n) is 2.35. The number of amides is 2. The van der Waals surface area contributed by atoms with Crippen LogP contribution in [-0.4, -0.2) is 28.2 Å². The fourth-order valence-corrected chi connectivity index (χ4v) is 2.35. The molecule has 0 unspecified atom stereocenters. The first-order chi connectivity index (χ1) is 8.84. The number of unbranched alkanes of at least 4 members (excludes halogenated alkanes) is 1. The van der Waals surface area contributed by atoms with Gasteiger partial charge in [-0.2, -0.15) is 0 Å². The first-order valence-electron chi connectivity index (χ1n) is 6.85. The number of hydrogen-bond donors (Lipinski definition) is 2. The smallest absolute Gasteiger partial charge is 0.315 e. The third kappa shape index (κ3) is 4.39. The van der Waals surface area contributed by atoms with Crippen molar-refractivity contribution < 1.29 is 4.79 Å². The third-order valence-corrected chi connectivity index (χ3v) is 3.38. The van der Waals surface area contributed by atoms with E-state index in [9.17, 15) is 4.79 Å². The monoisotopic (exact) mass is 250 g/mol. The average Bonchev–Trinajstić information content (AvgIpc) is 3.01. The maximum atomic E-state index is 11.6. The van der Waals surface area contributed by atoms with Gasteiger partial charge in [-0.3, -0.25) is 0 Å². The molecule has 1 aliphatic rings. The number of nitrogens with zero attached hydrogens (tertiary/aromatic N) is 2. The fraction of sp³-hybridized carbons (Fsp3) is 0.692. The molecule has 1 aliphatic carbocycles. The van der Waals surface area contributed by atoms with Crippen molar-refractivity contribution in [2.45, 2.75) is 51.1 Å². The van der Waals surface area contributed by atoms with Gasteiger partial charge in [-0.1, -0.05) is 12.8 Å². The maximum absolute atomic E-state index is 11.6. The van der Waals surface area contributed by atoms with Crippen molar-refractivity contribution >= 4 is 6.03 Å². The Kier molecular flexibility index (Phi) is 5.05. The molecule has 0 spiro atoms. The van der Waals surface area contributed by atoms with Gasteiger partial charge in [0.15, 0.2) is 0 Å². The minimum Gasteiger partial charge on any atom is -0.338 e. The van der Waals surface area contributed by atoms with E-state index in [2.05, 4.69) is 20.2 Å². The maximum Gasteiger partial charge on any atom is 0.315 e. The summed E-state index contributed by atoms with van der Waals surface area (Å²) in [5.41, 5.74) is 0. The van der Waals surface area contributed by atoms with Gasteiger partial charge in [0.05, 0.1) is 6.33 Å². The largest absolute Gasteiger partial charge is 0.338 e. The van der Waals surface area contributed by atoms with Crippen LogP contribution in [0.3, 0.4) is 0 Å². The summed E-state index contributed by atoms with van der Waals surface area (Å²) in [6, 6.07) is 0.389. The molecule has 2 rings (SSSR count). The van der Waals surface area contributed by atoms with Crippen LogP contribution in [0.4, 0.5) is 4.79 Å². The second kappa shape index (κ2) is 7.03. The lowest BCUT2D eigenvalue weighted by molar-refractivity contribution is 0.237. The molecule has 0 radical (unpaired) electrons. The van der Waals surface area contributed by atoms with Gasteiger partial charge in [0, 0.05) is 31.5 Å². The predicted molar refractivity (Wildman–Crippen MR) is 70.3 cm³/mol. The molecular formula is C13H22N4O. The number of nitrogens with one attached hydrogen (secondary N) is 2. The zero-order chi connectivity index (χ0) is 12.6. The van der Waals surface area contributed by atoms with Gasteiger partial charge in [-0.15, -0.1) is 0 Å². The van der Waals surface area contributed by atoms with Crippen molar-refractivity contribution in [3.8, 4) is 0 Å². The highest BCUT2D eigenvalue weighted by atomic mass is 16.2. The second-order valence-electron chi connectivity index (χ2n) is 4.89. The first-order valence-corrected chi connectivity index (χ1v) is 6.85. The van der Waals surface area contributed by atoms with Gasteiger partial charge >= 0.3 is 6.03 Å². The molecule has 100 valence electrons. The Labute approximate surface area is 108 Å². The van der Waals surface area contributed by atoms with Gasteiger partial charge in [0.25, 0.3) is 0 Å². The van der Waals surface area contributed by atoms with E-state index in [0.29, 0.717) is 6.04 Å². The van der Waals surface area contributed by atoms with Crippen LogP contribution in [0.1, 0.15) is 38.5 Å². The molecule has 18 heavy (non-hydrogen) atoms. The van der Waals surface area contributed by atoms with Crippen LogP contribution in [0.2, 0.25) is 0 Å². The summed E-state index contributed by atoms with van der Waals surface area (Å²) in [6.45, 7) is 1.71. The number of carbonyl (C=O) groups is 1. The summed E-state index contributed by atoms with van der Waals surface area (Å²) >= 11 is 0. The van der Waals surface area contributed by atoms with Crippen molar-refractivity contribution in [2.24, 2.45) is 0 Å². The topological polar surface area (TPSA) is 59.0 Å². The van der Waals surface area contributed by atoms with E-state index in [-0.39, 0.29) is 6.03 Å². The molecular weight excluding hydrogens is 228 g/mol. The molecule has 1 aromatic rings. The van der Waals surface area contributed by atoms with Gasteiger partial charge in [0.2, 0.25) is 0 Å². The lowest BCUT2D eigenvalue weighted by atomic mass is 10.2. The van der Waals surface area contributed by atoms with E-state index in [1.165, 1.54) is 12.8 Å². The van der Waals surface area contributed by atoms with Crippen LogP contribution in [0.25, 0.3) is 0 Å². The van der Waals surface area contributed by atoms with E-state index in [1.54, 1.807) is 6.20 Å². The number of urea groups is 1. The zero-order valence-electron chi connectivity index (χ0n) is 10.8. The van der Waals surface area contributed by atoms with Gasteiger partial charge in [0.1, 0.15) is 0 Å². The number of aromatic nitrogens is 2. The lowest BCUT2D eigenvalue weighted by Crippen LogP contribution is -2.41. The van der Waals surface area contributed by atoms with Crippen LogP contribution in [0.15, 0.2) is 18.7 Å². The molecule has 2 N–H and O–H groups in total. The molecule has 5 nitrogen and oxygen atoms in total. The Morgan fingerprint density at radius 1 is 1.33 bits per heavy atom. The number of aryl methyl sites for hydroxylation is 1. The van der Waals surface area contributed by atoms with E-state index >= 15 is 0 Å². The van der Waals surface area contributed by atoms with E-state index in [0.717, 1.165) is 38.8 Å². The van der Waals surface area contributed by atoms with E-state index < -0.39 is 0 Å². The molecule has 0 aliphatic heterocycles. The number of imidazole rings is 1. The molecule has 5 heteroatoms. The van der Waals surface area contributed by atoms with Crippen molar-refractivity contribution in [2.75, 3.05) is 6.54 Å². The molecule has 0 saturated heterocycles. The van der Waals surface area contributed by atoms with Crippen molar-refractivity contribution in [1.29, 1.82) is 0 Å². The molecule has 1 aromatic heterocycles. The third-order valence-electron chi connectivity index (χ3n) is 3.38. The minimum absolute atomic E-state index is 0.00969. The van der Waals surface area contributed by atoms with E-state index in [4.69, 9.17) is 0 Å². The summed E-state index contributed by atoms with van der Waals surface area (Å²) < 4.78 is 2.05. The average molecular weight is 250 g/mol.